The van der Waals surface area contributed by atoms with Crippen molar-refractivity contribution >= 4 is 23.9 Å². The van der Waals surface area contributed by atoms with Gasteiger partial charge in [-0.05, 0) is 49.7 Å². The number of rotatable bonds is 23. The van der Waals surface area contributed by atoms with E-state index in [0.717, 1.165) is 11.1 Å². The number of ether oxygens (including phenoxy) is 2. The first-order valence-corrected chi connectivity index (χ1v) is 15.9. The van der Waals surface area contributed by atoms with E-state index in [1.54, 1.807) is 17.1 Å². The van der Waals surface area contributed by atoms with Crippen molar-refractivity contribution in [1.29, 1.82) is 0 Å². The largest absolute Gasteiger partial charge is 0.463 e. The van der Waals surface area contributed by atoms with E-state index in [1.165, 1.54) is 0 Å². The Balaban J connectivity index is 1.94. The van der Waals surface area contributed by atoms with Gasteiger partial charge in [0.15, 0.2) is 0 Å². The Hall–Kier alpha value is -4.44. The van der Waals surface area contributed by atoms with Crippen LogP contribution < -0.4 is 10.6 Å². The average molecular weight is 636 g/mol. The summed E-state index contributed by atoms with van der Waals surface area (Å²) in [4.78, 5) is 52.6. The molecule has 46 heavy (non-hydrogen) atoms. The standard InChI is InChI=1S/C36H49N3O7/c1-3-5-8-21-34(42)45-28-32(20-13-14-22-37-36(44)46-27-30-18-11-7-12-19-30)38-35(43)31(15-4-2)25-33(41)39(23-24-40)26-29-16-9-6-10-17-29/h3-4,6-7,9-12,16-19,31-32,40H,1-2,5,8,13-15,20-28H2,(H,37,44)(H,38,43)/t31-,32-/m0/s1. The Kier molecular flexibility index (Phi) is 18.9. The number of allylic oxidation sites excluding steroid dienone is 2. The second-order valence-electron chi connectivity index (χ2n) is 11.0. The van der Waals surface area contributed by atoms with Crippen molar-refractivity contribution in [2.24, 2.45) is 5.92 Å². The molecule has 0 aliphatic carbocycles. The summed E-state index contributed by atoms with van der Waals surface area (Å²) in [5, 5.41) is 15.3. The lowest BCUT2D eigenvalue weighted by Crippen LogP contribution is -2.44. The number of alkyl carbamates (subject to hydrolysis) is 1. The molecule has 0 unspecified atom stereocenters. The molecule has 2 aromatic carbocycles. The van der Waals surface area contributed by atoms with Crippen LogP contribution in [0, 0.1) is 5.92 Å². The van der Waals surface area contributed by atoms with E-state index in [9.17, 15) is 24.3 Å². The van der Waals surface area contributed by atoms with Crippen molar-refractivity contribution in [3.8, 4) is 0 Å². The number of hydrogen-bond acceptors (Lipinski definition) is 7. The SMILES string of the molecule is C=CCCCC(=O)OC[C@H](CCCCNC(=O)OCc1ccccc1)NC(=O)[C@@H](CC=C)CC(=O)N(CCO)Cc1ccccc1. The summed E-state index contributed by atoms with van der Waals surface area (Å²) in [6, 6.07) is 18.4. The summed E-state index contributed by atoms with van der Waals surface area (Å²) in [6.45, 7) is 8.24. The van der Waals surface area contributed by atoms with Crippen molar-refractivity contribution in [3.05, 3.63) is 97.1 Å². The highest BCUT2D eigenvalue weighted by atomic mass is 16.5. The molecule has 250 valence electrons. The van der Waals surface area contributed by atoms with Crippen LogP contribution in [0.4, 0.5) is 4.79 Å². The maximum Gasteiger partial charge on any atom is 0.407 e. The van der Waals surface area contributed by atoms with Crippen molar-refractivity contribution in [2.45, 2.75) is 70.6 Å². The fourth-order valence-corrected chi connectivity index (χ4v) is 4.69. The number of aliphatic hydroxyl groups is 1. The van der Waals surface area contributed by atoms with E-state index in [1.807, 2.05) is 60.7 Å². The molecule has 0 saturated carbocycles. The van der Waals surface area contributed by atoms with Crippen LogP contribution in [0.3, 0.4) is 0 Å². The smallest absolute Gasteiger partial charge is 0.407 e. The van der Waals surface area contributed by atoms with Crippen LogP contribution >= 0.6 is 0 Å². The van der Waals surface area contributed by atoms with Crippen LogP contribution in [0.1, 0.15) is 62.5 Å². The molecule has 0 spiro atoms. The number of nitrogens with one attached hydrogen (secondary N) is 2. The maximum absolute atomic E-state index is 13.4. The number of benzene rings is 2. The van der Waals surface area contributed by atoms with Gasteiger partial charge in [0.2, 0.25) is 11.8 Å². The lowest BCUT2D eigenvalue weighted by Gasteiger charge is -2.26. The third kappa shape index (κ3) is 16.0. The first-order chi connectivity index (χ1) is 22.4. The van der Waals surface area contributed by atoms with E-state index in [2.05, 4.69) is 23.8 Å². The lowest BCUT2D eigenvalue weighted by molar-refractivity contribution is -0.145. The maximum atomic E-state index is 13.4. The van der Waals surface area contributed by atoms with Crippen LogP contribution in [0.5, 0.6) is 0 Å². The quantitative estimate of drug-likeness (QED) is 0.0882. The number of unbranched alkanes of at least 4 members (excludes halogenated alkanes) is 2. The normalized spacial score (nSPS) is 11.8. The molecule has 0 aliphatic rings. The number of esters is 1. The molecule has 0 saturated heterocycles. The van der Waals surface area contributed by atoms with Gasteiger partial charge in [0.05, 0.1) is 18.6 Å². The highest BCUT2D eigenvalue weighted by molar-refractivity contribution is 5.86. The van der Waals surface area contributed by atoms with E-state index < -0.39 is 18.1 Å². The van der Waals surface area contributed by atoms with E-state index in [-0.39, 0.29) is 63.4 Å². The summed E-state index contributed by atoms with van der Waals surface area (Å²) in [5.41, 5.74) is 1.81. The van der Waals surface area contributed by atoms with Crippen LogP contribution in [0.2, 0.25) is 0 Å². The minimum absolute atomic E-state index is 0.00932. The van der Waals surface area contributed by atoms with E-state index >= 15 is 0 Å². The number of amides is 3. The monoisotopic (exact) mass is 635 g/mol. The van der Waals surface area contributed by atoms with E-state index in [0.29, 0.717) is 45.2 Å². The van der Waals surface area contributed by atoms with Crippen molar-refractivity contribution < 1.29 is 33.8 Å². The predicted molar refractivity (Wildman–Crippen MR) is 177 cm³/mol. The van der Waals surface area contributed by atoms with Gasteiger partial charge in [-0.15, -0.1) is 13.2 Å². The minimum Gasteiger partial charge on any atom is -0.463 e. The molecule has 0 fully saturated rings. The molecule has 3 amide bonds. The van der Waals surface area contributed by atoms with Gasteiger partial charge in [-0.25, -0.2) is 4.79 Å². The van der Waals surface area contributed by atoms with Crippen molar-refractivity contribution in [3.63, 3.8) is 0 Å². The molecule has 10 heteroatoms. The number of hydrogen-bond donors (Lipinski definition) is 3. The Morgan fingerprint density at radius 3 is 2.24 bits per heavy atom. The Labute approximate surface area is 272 Å². The topological polar surface area (TPSA) is 134 Å². The Morgan fingerprint density at radius 2 is 1.59 bits per heavy atom. The van der Waals surface area contributed by atoms with Gasteiger partial charge < -0.3 is 30.1 Å². The van der Waals surface area contributed by atoms with Crippen LogP contribution in [-0.2, 0) is 37.0 Å². The summed E-state index contributed by atoms with van der Waals surface area (Å²) < 4.78 is 10.7. The molecule has 0 aliphatic heterocycles. The predicted octanol–water partition coefficient (Wildman–Crippen LogP) is 5.07. The van der Waals surface area contributed by atoms with Crippen molar-refractivity contribution in [1.82, 2.24) is 15.5 Å². The zero-order valence-corrected chi connectivity index (χ0v) is 26.7. The number of carbonyl (C=O) groups excluding carboxylic acids is 4. The highest BCUT2D eigenvalue weighted by Gasteiger charge is 2.26. The number of nitrogens with zero attached hydrogens (tertiary/aromatic N) is 1. The average Bonchev–Trinajstić information content (AvgIpc) is 3.06. The van der Waals surface area contributed by atoms with Crippen LogP contribution in [0.25, 0.3) is 0 Å². The zero-order valence-electron chi connectivity index (χ0n) is 26.7. The summed E-state index contributed by atoms with van der Waals surface area (Å²) in [5.74, 6) is -1.64. The van der Waals surface area contributed by atoms with Crippen LogP contribution in [0.15, 0.2) is 86.0 Å². The van der Waals surface area contributed by atoms with Gasteiger partial charge in [-0.2, -0.15) is 0 Å². The van der Waals surface area contributed by atoms with Gasteiger partial charge in [-0.1, -0.05) is 72.8 Å². The molecule has 10 nitrogen and oxygen atoms in total. The van der Waals surface area contributed by atoms with Gasteiger partial charge in [0.25, 0.3) is 0 Å². The van der Waals surface area contributed by atoms with E-state index in [4.69, 9.17) is 9.47 Å². The fourth-order valence-electron chi connectivity index (χ4n) is 4.69. The van der Waals surface area contributed by atoms with Gasteiger partial charge >= 0.3 is 12.1 Å². The molecule has 2 atom stereocenters. The number of carbonyl (C=O) groups is 4. The Bertz CT molecular complexity index is 1210. The Morgan fingerprint density at radius 1 is 0.891 bits per heavy atom. The molecule has 2 rings (SSSR count). The van der Waals surface area contributed by atoms with Crippen molar-refractivity contribution in [2.75, 3.05) is 26.3 Å². The third-order valence-corrected chi connectivity index (χ3v) is 7.22. The molecular formula is C36H49N3O7. The molecule has 3 N–H and O–H groups in total. The van der Waals surface area contributed by atoms with Gasteiger partial charge in [0, 0.05) is 32.5 Å². The fraction of sp³-hybridized carbons (Fsp3) is 0.444. The molecule has 0 heterocycles. The molecular weight excluding hydrogens is 586 g/mol. The number of aliphatic hydroxyl groups excluding tert-OH is 1. The van der Waals surface area contributed by atoms with Gasteiger partial charge in [0.1, 0.15) is 13.2 Å². The third-order valence-electron chi connectivity index (χ3n) is 7.22. The first-order valence-electron chi connectivity index (χ1n) is 15.9. The molecule has 0 radical (unpaired) electrons. The lowest BCUT2D eigenvalue weighted by atomic mass is 9.98. The summed E-state index contributed by atoms with van der Waals surface area (Å²) in [7, 11) is 0. The summed E-state index contributed by atoms with van der Waals surface area (Å²) in [6.07, 6.45) is 6.35. The summed E-state index contributed by atoms with van der Waals surface area (Å²) >= 11 is 0. The van der Waals surface area contributed by atoms with Crippen LogP contribution in [-0.4, -0.2) is 66.2 Å². The molecule has 0 aromatic heterocycles. The van der Waals surface area contributed by atoms with Gasteiger partial charge in [-0.3, -0.25) is 14.4 Å². The minimum atomic E-state index is -0.686. The molecule has 0 bridgehead atoms. The zero-order chi connectivity index (χ0) is 33.4. The first kappa shape index (κ1) is 37.7. The molecule has 2 aromatic rings. The second kappa shape index (κ2) is 23.0. The second-order valence-corrected chi connectivity index (χ2v) is 11.0. The highest BCUT2D eigenvalue weighted by Crippen LogP contribution is 2.16.